The fourth-order valence-electron chi connectivity index (χ4n) is 6.18. The highest BCUT2D eigenvalue weighted by Crippen LogP contribution is 2.47. The van der Waals surface area contributed by atoms with Crippen molar-refractivity contribution >= 4 is 85.3 Å². The van der Waals surface area contributed by atoms with Crippen LogP contribution in [0.2, 0.25) is 10.0 Å². The first kappa shape index (κ1) is 30.9. The van der Waals surface area contributed by atoms with Crippen LogP contribution in [0, 0.1) is 0 Å². The summed E-state index contributed by atoms with van der Waals surface area (Å²) in [5.41, 5.74) is 8.20. The predicted octanol–water partition coefficient (Wildman–Crippen LogP) is 12.1. The number of hydrogen-bond donors (Lipinski definition) is 0. The van der Waals surface area contributed by atoms with Crippen LogP contribution in [0.25, 0.3) is 16.3 Å². The molecule has 0 saturated heterocycles. The zero-order chi connectivity index (χ0) is 31.6. The van der Waals surface area contributed by atoms with Crippen molar-refractivity contribution in [3.63, 3.8) is 0 Å². The smallest absolute Gasteiger partial charge is 0.262 e. The Hall–Kier alpha value is -3.74. The Bertz CT molecular complexity index is 1990. The van der Waals surface area contributed by atoms with E-state index in [1.165, 1.54) is 36.5 Å². The minimum atomic E-state index is 0.728. The summed E-state index contributed by atoms with van der Waals surface area (Å²) in [7, 11) is 0. The molecule has 7 rings (SSSR count). The molecule has 0 saturated carbocycles. The van der Waals surface area contributed by atoms with E-state index in [-0.39, 0.29) is 0 Å². The lowest BCUT2D eigenvalue weighted by atomic mass is 10.1. The van der Waals surface area contributed by atoms with E-state index >= 15 is 0 Å². The lowest BCUT2D eigenvalue weighted by Crippen LogP contribution is -2.34. The first-order valence-electron chi connectivity index (χ1n) is 15.6. The van der Waals surface area contributed by atoms with Gasteiger partial charge in [0.05, 0.1) is 15.7 Å². The summed E-state index contributed by atoms with van der Waals surface area (Å²) in [5, 5.41) is 3.96. The molecule has 0 atom stereocenters. The summed E-state index contributed by atoms with van der Waals surface area (Å²) < 4.78 is 3.61. The van der Waals surface area contributed by atoms with Gasteiger partial charge in [-0.3, -0.25) is 0 Å². The van der Waals surface area contributed by atoms with Gasteiger partial charge in [0.1, 0.15) is 16.9 Å². The fourth-order valence-corrected chi connectivity index (χ4v) is 8.83. The van der Waals surface area contributed by atoms with Gasteiger partial charge in [0, 0.05) is 33.9 Å². The van der Waals surface area contributed by atoms with Gasteiger partial charge >= 0.3 is 0 Å². The molecule has 0 bridgehead atoms. The third-order valence-corrected chi connectivity index (χ3v) is 11.1. The molecule has 1 aliphatic heterocycles. The summed E-state index contributed by atoms with van der Waals surface area (Å²) >= 11 is 17.0. The van der Waals surface area contributed by atoms with Crippen molar-refractivity contribution in [2.75, 3.05) is 16.3 Å². The molecule has 1 aliphatic carbocycles. The van der Waals surface area contributed by atoms with E-state index in [2.05, 4.69) is 125 Å². The van der Waals surface area contributed by atoms with Crippen molar-refractivity contribution < 1.29 is 4.57 Å². The summed E-state index contributed by atoms with van der Waals surface area (Å²) in [6.45, 7) is 6.14. The van der Waals surface area contributed by atoms with Gasteiger partial charge in [0.2, 0.25) is 5.52 Å². The number of allylic oxidation sites excluding steroid dienone is 6. The molecule has 2 heterocycles. The van der Waals surface area contributed by atoms with Gasteiger partial charge in [-0.25, -0.2) is 0 Å². The predicted molar refractivity (Wildman–Crippen MR) is 200 cm³/mol. The third kappa shape index (κ3) is 6.05. The molecule has 4 aromatic carbocycles. The number of aryl methyl sites for hydroxylation is 1. The number of rotatable bonds is 8. The highest BCUT2D eigenvalue weighted by molar-refractivity contribution is 8.03. The number of para-hydroxylation sites is 2. The van der Waals surface area contributed by atoms with Crippen LogP contribution in [-0.2, 0) is 6.54 Å². The van der Waals surface area contributed by atoms with Gasteiger partial charge in [-0.2, -0.15) is 4.57 Å². The largest absolute Gasteiger partial charge is 0.335 e. The molecule has 0 radical (unpaired) electrons. The number of thioether (sulfide) groups is 1. The molecule has 0 amide bonds. The zero-order valence-corrected chi connectivity index (χ0v) is 28.9. The number of benzene rings is 4. The van der Waals surface area contributed by atoms with E-state index < -0.39 is 0 Å². The van der Waals surface area contributed by atoms with E-state index in [1.54, 1.807) is 0 Å². The SMILES string of the molecule is CCN1C(=CC=C2C=C(C=Cc3sc4ccc(Cl)c(N(c5ccccc5)c5ccccc5)c4[n+]3CC)CC2)Sc2ccc(Cl)cc21. The van der Waals surface area contributed by atoms with E-state index in [9.17, 15) is 0 Å². The molecule has 7 heteroatoms. The van der Waals surface area contributed by atoms with Gasteiger partial charge in [-0.15, -0.1) is 0 Å². The normalized spacial score (nSPS) is 16.3. The Morgan fingerprint density at radius 3 is 2.28 bits per heavy atom. The Labute approximate surface area is 289 Å². The number of halogens is 2. The molecule has 3 nitrogen and oxygen atoms in total. The summed E-state index contributed by atoms with van der Waals surface area (Å²) in [6.07, 6.45) is 13.5. The topological polar surface area (TPSA) is 10.4 Å². The highest BCUT2D eigenvalue weighted by atomic mass is 35.5. The van der Waals surface area contributed by atoms with Crippen LogP contribution in [0.15, 0.2) is 136 Å². The van der Waals surface area contributed by atoms with Crippen LogP contribution in [-0.4, -0.2) is 6.54 Å². The second-order valence-corrected chi connectivity index (χ2v) is 14.2. The van der Waals surface area contributed by atoms with Gasteiger partial charge < -0.3 is 9.80 Å². The minimum Gasteiger partial charge on any atom is -0.335 e. The maximum absolute atomic E-state index is 7.06. The molecule has 230 valence electrons. The second-order valence-electron chi connectivity index (χ2n) is 11.2. The van der Waals surface area contributed by atoms with Crippen molar-refractivity contribution in [3.05, 3.63) is 147 Å². The first-order chi connectivity index (χ1) is 22.5. The number of thiazole rings is 1. The molecular formula is C39H34Cl2N3S2+. The van der Waals surface area contributed by atoms with E-state index in [4.69, 9.17) is 23.2 Å². The van der Waals surface area contributed by atoms with Crippen molar-refractivity contribution in [2.45, 2.75) is 38.1 Å². The lowest BCUT2D eigenvalue weighted by molar-refractivity contribution is -0.664. The van der Waals surface area contributed by atoms with E-state index in [1.807, 2.05) is 47.4 Å². The highest BCUT2D eigenvalue weighted by Gasteiger charge is 2.28. The molecular weight excluding hydrogens is 645 g/mol. The second kappa shape index (κ2) is 13.5. The number of hydrogen-bond acceptors (Lipinski definition) is 4. The van der Waals surface area contributed by atoms with Crippen LogP contribution in [0.5, 0.6) is 0 Å². The van der Waals surface area contributed by atoms with Crippen LogP contribution < -0.4 is 14.4 Å². The Morgan fingerprint density at radius 1 is 0.848 bits per heavy atom. The number of anilines is 4. The maximum atomic E-state index is 7.06. The average molecular weight is 680 g/mol. The molecule has 2 aliphatic rings. The maximum Gasteiger partial charge on any atom is 0.262 e. The monoisotopic (exact) mass is 678 g/mol. The summed E-state index contributed by atoms with van der Waals surface area (Å²) in [5.74, 6) is 0. The molecule has 0 N–H and O–H groups in total. The van der Waals surface area contributed by atoms with Crippen molar-refractivity contribution in [1.29, 1.82) is 0 Å². The molecule has 46 heavy (non-hydrogen) atoms. The lowest BCUT2D eigenvalue weighted by Gasteiger charge is -2.25. The molecule has 0 fully saturated rings. The minimum absolute atomic E-state index is 0.728. The van der Waals surface area contributed by atoms with E-state index in [0.29, 0.717) is 0 Å². The zero-order valence-electron chi connectivity index (χ0n) is 25.8. The molecule has 0 unspecified atom stereocenters. The summed E-state index contributed by atoms with van der Waals surface area (Å²) in [6, 6.07) is 31.3. The third-order valence-electron chi connectivity index (χ3n) is 8.35. The molecule has 5 aromatic rings. The Morgan fingerprint density at radius 2 is 1.59 bits per heavy atom. The van der Waals surface area contributed by atoms with Gasteiger partial charge in [0.15, 0.2) is 0 Å². The number of nitrogens with zero attached hydrogens (tertiary/aromatic N) is 3. The number of fused-ring (bicyclic) bond motifs is 2. The first-order valence-corrected chi connectivity index (χ1v) is 18.0. The summed E-state index contributed by atoms with van der Waals surface area (Å²) in [4.78, 5) is 5.87. The van der Waals surface area contributed by atoms with Crippen molar-refractivity contribution in [3.8, 4) is 0 Å². The molecule has 1 aromatic heterocycles. The van der Waals surface area contributed by atoms with Gasteiger partial charge in [0.25, 0.3) is 5.01 Å². The van der Waals surface area contributed by atoms with Gasteiger partial charge in [-0.1, -0.05) is 101 Å². The van der Waals surface area contributed by atoms with Crippen molar-refractivity contribution in [1.82, 2.24) is 0 Å². The van der Waals surface area contributed by atoms with Crippen LogP contribution in [0.1, 0.15) is 31.7 Å². The van der Waals surface area contributed by atoms with Gasteiger partial charge in [-0.05, 0) is 98.5 Å². The Balaban J connectivity index is 1.21. The van der Waals surface area contributed by atoms with E-state index in [0.717, 1.165) is 58.6 Å². The Kier molecular flexibility index (Phi) is 9.10. The number of aromatic nitrogens is 1. The average Bonchev–Trinajstić information content (AvgIpc) is 3.79. The van der Waals surface area contributed by atoms with Crippen molar-refractivity contribution in [2.24, 2.45) is 0 Å². The van der Waals surface area contributed by atoms with Crippen LogP contribution in [0.3, 0.4) is 0 Å². The standard InChI is InChI=1S/C39H34Cl2N3S2/c1-3-42-33-26-29(40)19-21-34(33)45-36(42)23-17-27-15-16-28(25-27)18-24-37-43(4-2)39-35(46-37)22-20-32(41)38(39)44(30-11-7-5-8-12-30)31-13-9-6-10-14-31/h5-14,17-26H,3-4,15-16H2,1-2H3/q+1. The van der Waals surface area contributed by atoms with Crippen LogP contribution >= 0.6 is 46.3 Å². The van der Waals surface area contributed by atoms with Crippen LogP contribution in [0.4, 0.5) is 22.7 Å². The fraction of sp³-hybridized carbons (Fsp3) is 0.154. The molecule has 0 spiro atoms. The quantitative estimate of drug-likeness (QED) is 0.151.